The number of rotatable bonds is 7. The number of hydrogen-bond donors (Lipinski definition) is 0. The number of anilines is 1. The second-order valence-corrected chi connectivity index (χ2v) is 6.61. The maximum Gasteiger partial charge on any atom is 0.269 e. The second-order valence-electron chi connectivity index (χ2n) is 5.77. The first-order valence-corrected chi connectivity index (χ1v) is 9.12. The summed E-state index contributed by atoms with van der Waals surface area (Å²) in [5.41, 5.74) is 2.51. The quantitative estimate of drug-likeness (QED) is 0.344. The van der Waals surface area contributed by atoms with Crippen molar-refractivity contribution in [3.8, 4) is 11.3 Å². The van der Waals surface area contributed by atoms with Crippen molar-refractivity contribution in [2.24, 2.45) is 0 Å². The minimum atomic E-state index is -0.462. The van der Waals surface area contributed by atoms with Gasteiger partial charge in [-0.25, -0.2) is 4.98 Å². The Morgan fingerprint density at radius 1 is 1.19 bits per heavy atom. The maximum absolute atomic E-state index is 12.8. The van der Waals surface area contributed by atoms with Gasteiger partial charge in [-0.2, -0.15) is 0 Å². The molecule has 1 heterocycles. The molecule has 7 heteroatoms. The van der Waals surface area contributed by atoms with Crippen LogP contribution in [-0.4, -0.2) is 22.4 Å². The number of non-ortho nitro benzene ring substituents is 1. The highest BCUT2D eigenvalue weighted by molar-refractivity contribution is 7.14. The number of carbonyl (C=O) groups is 1. The molecule has 0 atom stereocenters. The molecule has 0 bridgehead atoms. The van der Waals surface area contributed by atoms with E-state index in [-0.39, 0.29) is 18.0 Å². The van der Waals surface area contributed by atoms with E-state index in [1.165, 1.54) is 23.5 Å². The van der Waals surface area contributed by atoms with E-state index >= 15 is 0 Å². The van der Waals surface area contributed by atoms with Gasteiger partial charge in [0, 0.05) is 29.6 Å². The zero-order valence-electron chi connectivity index (χ0n) is 14.4. The number of carbonyl (C=O) groups excluding carboxylic acids is 1. The van der Waals surface area contributed by atoms with Gasteiger partial charge in [0.15, 0.2) is 5.13 Å². The van der Waals surface area contributed by atoms with Crippen molar-refractivity contribution in [2.45, 2.75) is 6.42 Å². The summed E-state index contributed by atoms with van der Waals surface area (Å²) >= 11 is 1.39. The molecule has 0 aliphatic rings. The van der Waals surface area contributed by atoms with Crippen molar-refractivity contribution in [1.82, 2.24) is 4.98 Å². The molecule has 2 aromatic carbocycles. The third kappa shape index (κ3) is 4.45. The summed E-state index contributed by atoms with van der Waals surface area (Å²) in [7, 11) is 0. The molecule has 0 saturated carbocycles. The number of aromatic nitrogens is 1. The average Bonchev–Trinajstić information content (AvgIpc) is 3.17. The van der Waals surface area contributed by atoms with Crippen molar-refractivity contribution in [3.05, 3.63) is 88.3 Å². The van der Waals surface area contributed by atoms with E-state index in [0.717, 1.165) is 11.3 Å². The molecule has 3 rings (SSSR count). The summed E-state index contributed by atoms with van der Waals surface area (Å²) in [5.74, 6) is -0.141. The van der Waals surface area contributed by atoms with Gasteiger partial charge in [-0.3, -0.25) is 19.8 Å². The number of thiazole rings is 1. The lowest BCUT2D eigenvalue weighted by molar-refractivity contribution is -0.384. The van der Waals surface area contributed by atoms with Crippen LogP contribution >= 0.6 is 11.3 Å². The number of amides is 1. The normalized spacial score (nSPS) is 10.4. The Balaban J connectivity index is 1.78. The first-order chi connectivity index (χ1) is 13.1. The highest BCUT2D eigenvalue weighted by atomic mass is 32.1. The summed E-state index contributed by atoms with van der Waals surface area (Å²) < 4.78 is 0. The smallest absolute Gasteiger partial charge is 0.269 e. The number of benzene rings is 2. The maximum atomic E-state index is 12.8. The van der Waals surface area contributed by atoms with E-state index in [2.05, 4.69) is 11.6 Å². The fraction of sp³-hybridized carbons (Fsp3) is 0.100. The summed E-state index contributed by atoms with van der Waals surface area (Å²) in [6, 6.07) is 15.7. The Morgan fingerprint density at radius 3 is 2.52 bits per heavy atom. The molecule has 27 heavy (non-hydrogen) atoms. The van der Waals surface area contributed by atoms with E-state index in [1.807, 2.05) is 35.7 Å². The van der Waals surface area contributed by atoms with E-state index in [9.17, 15) is 14.9 Å². The molecule has 3 aromatic rings. The topological polar surface area (TPSA) is 76.3 Å². The molecule has 0 aliphatic carbocycles. The van der Waals surface area contributed by atoms with Crippen LogP contribution in [0, 0.1) is 10.1 Å². The molecule has 1 amide bonds. The minimum Gasteiger partial charge on any atom is -0.284 e. The zero-order valence-corrected chi connectivity index (χ0v) is 15.3. The van der Waals surface area contributed by atoms with Crippen LogP contribution in [0.25, 0.3) is 11.3 Å². The van der Waals surface area contributed by atoms with Gasteiger partial charge in [-0.15, -0.1) is 17.9 Å². The fourth-order valence-corrected chi connectivity index (χ4v) is 3.41. The van der Waals surface area contributed by atoms with Crippen LogP contribution < -0.4 is 4.90 Å². The van der Waals surface area contributed by atoms with Crippen LogP contribution in [-0.2, 0) is 11.2 Å². The molecule has 0 radical (unpaired) electrons. The summed E-state index contributed by atoms with van der Waals surface area (Å²) in [5, 5.41) is 13.3. The number of nitro benzene ring substituents is 1. The Hall–Kier alpha value is -3.32. The Labute approximate surface area is 160 Å². The SMILES string of the molecule is C=CCN(C(=O)Cc1ccc([N+](=O)[O-])cc1)c1nc(-c2ccccc2)cs1. The Kier molecular flexibility index (Phi) is 5.73. The molecule has 136 valence electrons. The van der Waals surface area contributed by atoms with Crippen molar-refractivity contribution in [1.29, 1.82) is 0 Å². The number of nitrogens with zero attached hydrogens (tertiary/aromatic N) is 3. The standard InChI is InChI=1S/C20H17N3O3S/c1-2-12-22(19(24)13-15-8-10-17(11-9-15)23(25)26)20-21-18(14-27-20)16-6-4-3-5-7-16/h2-11,14H,1,12-13H2. The molecule has 0 aliphatic heterocycles. The van der Waals surface area contributed by atoms with E-state index in [4.69, 9.17) is 0 Å². The van der Waals surface area contributed by atoms with Crippen LogP contribution in [0.1, 0.15) is 5.56 Å². The van der Waals surface area contributed by atoms with Crippen molar-refractivity contribution in [3.63, 3.8) is 0 Å². The number of hydrogen-bond acceptors (Lipinski definition) is 5. The van der Waals surface area contributed by atoms with Crippen molar-refractivity contribution < 1.29 is 9.72 Å². The van der Waals surface area contributed by atoms with Gasteiger partial charge in [0.2, 0.25) is 5.91 Å². The van der Waals surface area contributed by atoms with E-state index in [1.54, 1.807) is 23.1 Å². The zero-order chi connectivity index (χ0) is 19.2. The van der Waals surface area contributed by atoms with Gasteiger partial charge in [-0.05, 0) is 5.56 Å². The number of nitro groups is 1. The summed E-state index contributed by atoms with van der Waals surface area (Å²) in [6.07, 6.45) is 1.78. The lowest BCUT2D eigenvalue weighted by atomic mass is 10.1. The van der Waals surface area contributed by atoms with Gasteiger partial charge in [-0.1, -0.05) is 48.5 Å². The summed E-state index contributed by atoms with van der Waals surface area (Å²) in [4.78, 5) is 29.2. The molecule has 0 saturated heterocycles. The van der Waals surface area contributed by atoms with Gasteiger partial charge < -0.3 is 0 Å². The molecular formula is C20H17N3O3S. The second kappa shape index (κ2) is 8.37. The highest BCUT2D eigenvalue weighted by Crippen LogP contribution is 2.28. The average molecular weight is 379 g/mol. The highest BCUT2D eigenvalue weighted by Gasteiger charge is 2.19. The molecule has 0 spiro atoms. The molecule has 0 N–H and O–H groups in total. The van der Waals surface area contributed by atoms with Gasteiger partial charge >= 0.3 is 0 Å². The first kappa shape index (κ1) is 18.5. The molecule has 1 aromatic heterocycles. The largest absolute Gasteiger partial charge is 0.284 e. The fourth-order valence-electron chi connectivity index (χ4n) is 2.55. The van der Waals surface area contributed by atoms with Crippen LogP contribution in [0.3, 0.4) is 0 Å². The first-order valence-electron chi connectivity index (χ1n) is 8.24. The lowest BCUT2D eigenvalue weighted by Crippen LogP contribution is -2.32. The van der Waals surface area contributed by atoms with Crippen molar-refractivity contribution >= 4 is 28.1 Å². The van der Waals surface area contributed by atoms with E-state index in [0.29, 0.717) is 17.2 Å². The van der Waals surface area contributed by atoms with Gasteiger partial charge in [0.25, 0.3) is 5.69 Å². The Bertz CT molecular complexity index is 952. The predicted molar refractivity (Wildman–Crippen MR) is 107 cm³/mol. The van der Waals surface area contributed by atoms with Crippen LogP contribution in [0.15, 0.2) is 72.6 Å². The van der Waals surface area contributed by atoms with Crippen molar-refractivity contribution in [2.75, 3.05) is 11.4 Å². The van der Waals surface area contributed by atoms with Crippen LogP contribution in [0.5, 0.6) is 0 Å². The molecule has 0 fully saturated rings. The lowest BCUT2D eigenvalue weighted by Gasteiger charge is -2.18. The van der Waals surface area contributed by atoms with Gasteiger partial charge in [0.1, 0.15) is 0 Å². The Morgan fingerprint density at radius 2 is 1.89 bits per heavy atom. The van der Waals surface area contributed by atoms with E-state index < -0.39 is 4.92 Å². The molecule has 0 unspecified atom stereocenters. The predicted octanol–water partition coefficient (Wildman–Crippen LogP) is 4.48. The summed E-state index contributed by atoms with van der Waals surface area (Å²) in [6.45, 7) is 4.06. The third-order valence-corrected chi connectivity index (χ3v) is 4.77. The third-order valence-electron chi connectivity index (χ3n) is 3.91. The van der Waals surface area contributed by atoms with Gasteiger partial charge in [0.05, 0.1) is 17.0 Å². The van der Waals surface area contributed by atoms with Crippen LogP contribution in [0.2, 0.25) is 0 Å². The monoisotopic (exact) mass is 379 g/mol. The minimum absolute atomic E-state index is 0.00146. The van der Waals surface area contributed by atoms with Crippen LogP contribution in [0.4, 0.5) is 10.8 Å². The molecular weight excluding hydrogens is 362 g/mol. The molecule has 6 nitrogen and oxygen atoms in total.